The molecule has 3 aliphatic rings. The molecule has 4 heteroatoms. The zero-order valence-electron chi connectivity index (χ0n) is 8.29. The minimum Gasteiger partial charge on any atom is -0.475 e. The highest BCUT2D eigenvalue weighted by atomic mass is 16.4. The van der Waals surface area contributed by atoms with Crippen LogP contribution in [0.15, 0.2) is 57.7 Å². The van der Waals surface area contributed by atoms with E-state index in [1.807, 2.05) is 36.5 Å². The lowest BCUT2D eigenvalue weighted by Crippen LogP contribution is -2.28. The third-order valence-electron chi connectivity index (χ3n) is 2.70. The fourth-order valence-corrected chi connectivity index (χ4v) is 2.02. The van der Waals surface area contributed by atoms with E-state index < -0.39 is 5.97 Å². The van der Waals surface area contributed by atoms with Crippen molar-refractivity contribution in [2.75, 3.05) is 0 Å². The number of aliphatic carboxylic acids is 1. The molecule has 0 bridgehead atoms. The van der Waals surface area contributed by atoms with Gasteiger partial charge in [-0.3, -0.25) is 0 Å². The third-order valence-corrected chi connectivity index (χ3v) is 2.70. The van der Waals surface area contributed by atoms with Crippen molar-refractivity contribution in [1.29, 1.82) is 0 Å². The Kier molecular flexibility index (Phi) is 1.77. The molecule has 3 rings (SSSR count). The van der Waals surface area contributed by atoms with E-state index >= 15 is 0 Å². The molecule has 0 radical (unpaired) electrons. The second kappa shape index (κ2) is 3.13. The van der Waals surface area contributed by atoms with Gasteiger partial charge in [-0.15, -0.1) is 0 Å². The molecule has 1 N–H and O–H groups in total. The molecular formula is C12H8N2O2. The number of carboxylic acids is 1. The largest absolute Gasteiger partial charge is 0.475 e. The number of allylic oxidation sites excluding steroid dienone is 7. The lowest BCUT2D eigenvalue weighted by atomic mass is 9.83. The summed E-state index contributed by atoms with van der Waals surface area (Å²) in [5.74, 6) is -1.22. The lowest BCUT2D eigenvalue weighted by molar-refractivity contribution is -0.129. The molecule has 0 aromatic rings. The van der Waals surface area contributed by atoms with Crippen LogP contribution in [0.4, 0.5) is 0 Å². The number of carboxylic acid groups (broad SMARTS) is 1. The summed E-state index contributed by atoms with van der Waals surface area (Å²) < 4.78 is 0. The normalized spacial score (nSPS) is 25.1. The summed E-state index contributed by atoms with van der Waals surface area (Å²) in [5.41, 5.74) is 2.60. The Morgan fingerprint density at radius 3 is 2.81 bits per heavy atom. The molecule has 1 atom stereocenters. The maximum absolute atomic E-state index is 10.9. The molecule has 0 aromatic heterocycles. The third kappa shape index (κ3) is 1.20. The van der Waals surface area contributed by atoms with E-state index in [9.17, 15) is 4.79 Å². The second-order valence-corrected chi connectivity index (χ2v) is 3.69. The first kappa shape index (κ1) is 9.03. The van der Waals surface area contributed by atoms with Crippen molar-refractivity contribution < 1.29 is 9.90 Å². The maximum atomic E-state index is 10.9. The van der Waals surface area contributed by atoms with Crippen LogP contribution in [-0.2, 0) is 4.79 Å². The van der Waals surface area contributed by atoms with Crippen LogP contribution in [0.1, 0.15) is 0 Å². The Labute approximate surface area is 91.7 Å². The van der Waals surface area contributed by atoms with Crippen molar-refractivity contribution >= 4 is 17.5 Å². The van der Waals surface area contributed by atoms with Crippen LogP contribution >= 0.6 is 0 Å². The van der Waals surface area contributed by atoms with Gasteiger partial charge >= 0.3 is 5.97 Å². The minimum atomic E-state index is -1.09. The molecule has 2 aliphatic carbocycles. The first-order valence-corrected chi connectivity index (χ1v) is 4.93. The van der Waals surface area contributed by atoms with Gasteiger partial charge in [0.25, 0.3) is 0 Å². The second-order valence-electron chi connectivity index (χ2n) is 3.69. The molecule has 16 heavy (non-hydrogen) atoms. The van der Waals surface area contributed by atoms with Crippen LogP contribution in [0, 0.1) is 5.92 Å². The summed E-state index contributed by atoms with van der Waals surface area (Å²) in [5, 5.41) is 8.90. The molecule has 0 saturated heterocycles. The van der Waals surface area contributed by atoms with Crippen molar-refractivity contribution in [3.63, 3.8) is 0 Å². The number of aliphatic imine (C=N–C) groups is 2. The van der Waals surface area contributed by atoms with Gasteiger partial charge in [-0.2, -0.15) is 0 Å². The molecule has 1 aliphatic heterocycles. The van der Waals surface area contributed by atoms with Crippen molar-refractivity contribution in [3.05, 3.63) is 47.7 Å². The highest BCUT2D eigenvalue weighted by molar-refractivity contribution is 6.38. The van der Waals surface area contributed by atoms with E-state index in [4.69, 9.17) is 5.11 Å². The predicted molar refractivity (Wildman–Crippen MR) is 60.4 cm³/mol. The maximum Gasteiger partial charge on any atom is 0.373 e. The van der Waals surface area contributed by atoms with Crippen molar-refractivity contribution in [2.24, 2.45) is 15.9 Å². The molecule has 1 unspecified atom stereocenters. The Morgan fingerprint density at radius 2 is 2.00 bits per heavy atom. The van der Waals surface area contributed by atoms with Crippen LogP contribution in [0.2, 0.25) is 0 Å². The van der Waals surface area contributed by atoms with E-state index in [0.29, 0.717) is 0 Å². The quantitative estimate of drug-likeness (QED) is 0.715. The standard InChI is InChI=1S/C12H8N2O2/c15-12(16)11-13-8-5-1-3-7-4-2-6-9(14-11)10(7)8/h1-6,10H,(H,15,16). The molecule has 1 heterocycles. The highest BCUT2D eigenvalue weighted by Crippen LogP contribution is 2.33. The van der Waals surface area contributed by atoms with Crippen LogP contribution in [0.25, 0.3) is 0 Å². The number of amidine groups is 1. The van der Waals surface area contributed by atoms with Crippen LogP contribution in [0.3, 0.4) is 0 Å². The van der Waals surface area contributed by atoms with Gasteiger partial charge in [-0.1, -0.05) is 24.3 Å². The van der Waals surface area contributed by atoms with Crippen molar-refractivity contribution in [1.82, 2.24) is 0 Å². The zero-order chi connectivity index (χ0) is 11.1. The number of rotatable bonds is 1. The molecule has 78 valence electrons. The number of nitrogens with zero attached hydrogens (tertiary/aromatic N) is 2. The van der Waals surface area contributed by atoms with Gasteiger partial charge in [0.05, 0.1) is 17.3 Å². The lowest BCUT2D eigenvalue weighted by Gasteiger charge is -2.26. The summed E-state index contributed by atoms with van der Waals surface area (Å²) in [4.78, 5) is 19.0. The number of hydrogen-bond acceptors (Lipinski definition) is 3. The smallest absolute Gasteiger partial charge is 0.373 e. The average molecular weight is 212 g/mol. The van der Waals surface area contributed by atoms with Crippen molar-refractivity contribution in [3.8, 4) is 0 Å². The van der Waals surface area contributed by atoms with E-state index in [1.165, 1.54) is 0 Å². The van der Waals surface area contributed by atoms with Gasteiger partial charge in [-0.25, -0.2) is 14.8 Å². The average Bonchev–Trinajstić information content (AvgIpc) is 2.29. The Hall–Kier alpha value is -2.23. The monoisotopic (exact) mass is 212 g/mol. The molecule has 4 nitrogen and oxygen atoms in total. The summed E-state index contributed by atoms with van der Waals surface area (Å²) in [6.07, 6.45) is 11.4. The van der Waals surface area contributed by atoms with Gasteiger partial charge in [0.1, 0.15) is 0 Å². The topological polar surface area (TPSA) is 62.0 Å². The first-order valence-electron chi connectivity index (χ1n) is 4.93. The van der Waals surface area contributed by atoms with Gasteiger partial charge < -0.3 is 5.11 Å². The zero-order valence-corrected chi connectivity index (χ0v) is 8.29. The first-order chi connectivity index (χ1) is 7.75. The van der Waals surface area contributed by atoms with Crippen LogP contribution < -0.4 is 0 Å². The SMILES string of the molecule is O=C(O)C1=NC2=CC=CC3=CC=CC(=N1)C32. The minimum absolute atomic E-state index is 0.0121. The van der Waals surface area contributed by atoms with Gasteiger partial charge in [-0.05, 0) is 17.7 Å². The van der Waals surface area contributed by atoms with E-state index in [1.54, 1.807) is 0 Å². The van der Waals surface area contributed by atoms with E-state index in [-0.39, 0.29) is 11.8 Å². The fourth-order valence-electron chi connectivity index (χ4n) is 2.02. The predicted octanol–water partition coefficient (Wildman–Crippen LogP) is 1.49. The van der Waals surface area contributed by atoms with Gasteiger partial charge in [0, 0.05) is 0 Å². The van der Waals surface area contributed by atoms with Crippen LogP contribution in [-0.4, -0.2) is 22.6 Å². The fraction of sp³-hybridized carbons (Fsp3) is 0.0833. The van der Waals surface area contributed by atoms with Crippen LogP contribution in [0.5, 0.6) is 0 Å². The summed E-state index contributed by atoms with van der Waals surface area (Å²) in [7, 11) is 0. The van der Waals surface area contributed by atoms with E-state index in [2.05, 4.69) is 9.98 Å². The number of hydrogen-bond donors (Lipinski definition) is 1. The summed E-state index contributed by atoms with van der Waals surface area (Å²) in [6, 6.07) is 0. The Balaban J connectivity index is 2.18. The molecule has 0 saturated carbocycles. The number of carbonyl (C=O) groups is 1. The Morgan fingerprint density at radius 1 is 1.19 bits per heavy atom. The molecule has 0 fully saturated rings. The Bertz CT molecular complexity index is 558. The molecular weight excluding hydrogens is 204 g/mol. The summed E-state index contributed by atoms with van der Waals surface area (Å²) >= 11 is 0. The summed E-state index contributed by atoms with van der Waals surface area (Å²) in [6.45, 7) is 0. The molecule has 0 spiro atoms. The molecule has 0 amide bonds. The highest BCUT2D eigenvalue weighted by Gasteiger charge is 2.30. The van der Waals surface area contributed by atoms with Crippen molar-refractivity contribution in [2.45, 2.75) is 0 Å². The van der Waals surface area contributed by atoms with Gasteiger partial charge in [0.15, 0.2) is 0 Å². The molecule has 0 aromatic carbocycles. The van der Waals surface area contributed by atoms with E-state index in [0.717, 1.165) is 17.0 Å². The van der Waals surface area contributed by atoms with Gasteiger partial charge in [0.2, 0.25) is 5.84 Å².